The summed E-state index contributed by atoms with van der Waals surface area (Å²) in [6.07, 6.45) is 1.46. The summed E-state index contributed by atoms with van der Waals surface area (Å²) in [5.41, 5.74) is 1.84. The molecule has 1 N–H and O–H groups in total. The van der Waals surface area contributed by atoms with Crippen LogP contribution in [-0.2, 0) is 14.4 Å². The Morgan fingerprint density at radius 1 is 1.10 bits per heavy atom. The fraction of sp³-hybridized carbons (Fsp3) is 0.318. The molecule has 7 nitrogen and oxygen atoms in total. The third-order valence-corrected chi connectivity index (χ3v) is 5.75. The van der Waals surface area contributed by atoms with E-state index in [4.69, 9.17) is 16.3 Å². The largest absolute Gasteiger partial charge is 0.495 e. The summed E-state index contributed by atoms with van der Waals surface area (Å²) in [5.74, 6) is -0.219. The molecule has 0 radical (unpaired) electrons. The fourth-order valence-corrected chi connectivity index (χ4v) is 4.20. The molecule has 2 aromatic carbocycles. The van der Waals surface area contributed by atoms with Crippen molar-refractivity contribution in [3.63, 3.8) is 0 Å². The van der Waals surface area contributed by atoms with Gasteiger partial charge in [0.2, 0.25) is 17.7 Å². The minimum atomic E-state index is -0.485. The maximum atomic E-state index is 12.8. The summed E-state index contributed by atoms with van der Waals surface area (Å²) in [5, 5.41) is 3.24. The van der Waals surface area contributed by atoms with E-state index in [1.165, 1.54) is 0 Å². The van der Waals surface area contributed by atoms with Crippen LogP contribution in [0, 0.1) is 5.92 Å². The third kappa shape index (κ3) is 3.85. The lowest BCUT2D eigenvalue weighted by molar-refractivity contribution is -0.122. The molecule has 2 fully saturated rings. The highest BCUT2D eigenvalue weighted by Gasteiger charge is 2.36. The lowest BCUT2D eigenvalue weighted by Crippen LogP contribution is -2.28. The van der Waals surface area contributed by atoms with E-state index in [0.717, 1.165) is 6.42 Å². The standard InChI is InChI=1S/C22H22ClN3O4/c1-30-19-6-3-2-5-18(19)26-13-14(11-21(26)28)22(29)24-15-8-9-17(16(23)12-15)25-10-4-7-20(25)27/h2-3,5-6,8-9,12,14H,4,7,10-11,13H2,1H3,(H,24,29). The quantitative estimate of drug-likeness (QED) is 0.792. The molecule has 30 heavy (non-hydrogen) atoms. The minimum Gasteiger partial charge on any atom is -0.495 e. The van der Waals surface area contributed by atoms with Crippen LogP contribution in [0.2, 0.25) is 5.02 Å². The molecule has 3 amide bonds. The van der Waals surface area contributed by atoms with E-state index in [1.807, 2.05) is 12.1 Å². The van der Waals surface area contributed by atoms with E-state index < -0.39 is 5.92 Å². The number of hydrogen-bond acceptors (Lipinski definition) is 4. The molecule has 1 atom stereocenters. The Labute approximate surface area is 179 Å². The van der Waals surface area contributed by atoms with Gasteiger partial charge in [0.1, 0.15) is 5.75 Å². The van der Waals surface area contributed by atoms with E-state index in [-0.39, 0.29) is 30.7 Å². The van der Waals surface area contributed by atoms with Gasteiger partial charge in [0.15, 0.2) is 0 Å². The van der Waals surface area contributed by atoms with E-state index >= 15 is 0 Å². The first-order chi connectivity index (χ1) is 14.5. The monoisotopic (exact) mass is 427 g/mol. The lowest BCUT2D eigenvalue weighted by atomic mass is 10.1. The van der Waals surface area contributed by atoms with Crippen molar-refractivity contribution in [1.82, 2.24) is 0 Å². The zero-order chi connectivity index (χ0) is 21.3. The SMILES string of the molecule is COc1ccccc1N1CC(C(=O)Nc2ccc(N3CCCC3=O)c(Cl)c2)CC1=O. The predicted molar refractivity (Wildman–Crippen MR) is 115 cm³/mol. The van der Waals surface area contributed by atoms with Crippen LogP contribution < -0.4 is 19.9 Å². The second-order valence-electron chi connectivity index (χ2n) is 7.38. The Kier molecular flexibility index (Phi) is 5.63. The number of ether oxygens (including phenoxy) is 1. The van der Waals surface area contributed by atoms with Crippen LogP contribution in [0.25, 0.3) is 0 Å². The van der Waals surface area contributed by atoms with Gasteiger partial charge in [0.05, 0.1) is 29.4 Å². The molecule has 0 saturated carbocycles. The second kappa shape index (κ2) is 8.36. The van der Waals surface area contributed by atoms with Crippen LogP contribution in [0.3, 0.4) is 0 Å². The number of halogens is 1. The molecule has 2 aliphatic rings. The van der Waals surface area contributed by atoms with Gasteiger partial charge >= 0.3 is 0 Å². The van der Waals surface area contributed by atoms with Crippen molar-refractivity contribution in [1.29, 1.82) is 0 Å². The molecule has 0 aromatic heterocycles. The smallest absolute Gasteiger partial charge is 0.229 e. The number of methoxy groups -OCH3 is 1. The van der Waals surface area contributed by atoms with Gasteiger partial charge in [0.25, 0.3) is 0 Å². The Hall–Kier alpha value is -3.06. The first-order valence-electron chi connectivity index (χ1n) is 9.82. The highest BCUT2D eigenvalue weighted by Crippen LogP contribution is 2.34. The molecule has 2 heterocycles. The van der Waals surface area contributed by atoms with E-state index in [1.54, 1.807) is 47.2 Å². The van der Waals surface area contributed by atoms with Crippen LogP contribution in [0.5, 0.6) is 5.75 Å². The first-order valence-corrected chi connectivity index (χ1v) is 10.2. The van der Waals surface area contributed by atoms with Crippen LogP contribution in [0.4, 0.5) is 17.1 Å². The average molecular weight is 428 g/mol. The van der Waals surface area contributed by atoms with Crippen molar-refractivity contribution < 1.29 is 19.1 Å². The second-order valence-corrected chi connectivity index (χ2v) is 7.79. The molecule has 0 bridgehead atoms. The van der Waals surface area contributed by atoms with Gasteiger partial charge in [0, 0.05) is 31.6 Å². The van der Waals surface area contributed by atoms with Crippen LogP contribution in [0.1, 0.15) is 19.3 Å². The zero-order valence-electron chi connectivity index (χ0n) is 16.6. The Bertz CT molecular complexity index is 1010. The molecule has 4 rings (SSSR count). The van der Waals surface area contributed by atoms with E-state index in [9.17, 15) is 14.4 Å². The van der Waals surface area contributed by atoms with E-state index in [0.29, 0.717) is 40.8 Å². The number of hydrogen-bond donors (Lipinski definition) is 1. The maximum Gasteiger partial charge on any atom is 0.229 e. The number of carbonyl (C=O) groups excluding carboxylic acids is 3. The summed E-state index contributed by atoms with van der Waals surface area (Å²) in [4.78, 5) is 40.5. The number of anilines is 3. The number of amides is 3. The van der Waals surface area contributed by atoms with Crippen LogP contribution in [-0.4, -0.2) is 37.9 Å². The van der Waals surface area contributed by atoms with Crippen molar-refractivity contribution >= 4 is 46.4 Å². The molecule has 2 saturated heterocycles. The number of benzene rings is 2. The normalized spacial score (nSPS) is 18.8. The fourth-order valence-electron chi connectivity index (χ4n) is 3.92. The summed E-state index contributed by atoms with van der Waals surface area (Å²) in [6, 6.07) is 12.3. The van der Waals surface area contributed by atoms with Gasteiger partial charge in [-0.25, -0.2) is 0 Å². The number of carbonyl (C=O) groups is 3. The number of para-hydroxylation sites is 2. The minimum absolute atomic E-state index is 0.0505. The van der Waals surface area contributed by atoms with Gasteiger partial charge in [-0.15, -0.1) is 0 Å². The topological polar surface area (TPSA) is 79.0 Å². The molecule has 2 aromatic rings. The average Bonchev–Trinajstić information content (AvgIpc) is 3.33. The summed E-state index contributed by atoms with van der Waals surface area (Å²) < 4.78 is 5.33. The van der Waals surface area contributed by atoms with E-state index in [2.05, 4.69) is 5.32 Å². The predicted octanol–water partition coefficient (Wildman–Crippen LogP) is 3.47. The number of nitrogens with one attached hydrogen (secondary N) is 1. The van der Waals surface area contributed by atoms with Crippen molar-refractivity contribution in [2.45, 2.75) is 19.3 Å². The molecular weight excluding hydrogens is 406 g/mol. The van der Waals surface area contributed by atoms with Gasteiger partial charge in [-0.3, -0.25) is 14.4 Å². The lowest BCUT2D eigenvalue weighted by Gasteiger charge is -2.20. The maximum absolute atomic E-state index is 12.8. The molecule has 2 aliphatic heterocycles. The molecule has 0 aliphatic carbocycles. The van der Waals surface area contributed by atoms with Crippen molar-refractivity contribution in [3.8, 4) is 5.75 Å². The van der Waals surface area contributed by atoms with Crippen LogP contribution in [0.15, 0.2) is 42.5 Å². The Balaban J connectivity index is 1.45. The third-order valence-electron chi connectivity index (χ3n) is 5.45. The van der Waals surface area contributed by atoms with Crippen molar-refractivity contribution in [3.05, 3.63) is 47.5 Å². The molecule has 156 valence electrons. The van der Waals surface area contributed by atoms with Gasteiger partial charge in [-0.05, 0) is 36.8 Å². The van der Waals surface area contributed by atoms with Gasteiger partial charge in [-0.1, -0.05) is 23.7 Å². The van der Waals surface area contributed by atoms with Crippen molar-refractivity contribution in [2.75, 3.05) is 35.3 Å². The molecule has 1 unspecified atom stereocenters. The summed E-state index contributed by atoms with van der Waals surface area (Å²) >= 11 is 6.36. The van der Waals surface area contributed by atoms with Gasteiger partial charge < -0.3 is 19.9 Å². The number of nitrogens with zero attached hydrogens (tertiary/aromatic N) is 2. The highest BCUT2D eigenvalue weighted by atomic mass is 35.5. The molecule has 0 spiro atoms. The zero-order valence-corrected chi connectivity index (χ0v) is 17.3. The Morgan fingerprint density at radius 2 is 1.90 bits per heavy atom. The first kappa shape index (κ1) is 20.2. The summed E-state index contributed by atoms with van der Waals surface area (Å²) in [7, 11) is 1.55. The summed E-state index contributed by atoms with van der Waals surface area (Å²) in [6.45, 7) is 0.923. The van der Waals surface area contributed by atoms with Crippen LogP contribution >= 0.6 is 11.6 Å². The van der Waals surface area contributed by atoms with Gasteiger partial charge in [-0.2, -0.15) is 0 Å². The highest BCUT2D eigenvalue weighted by molar-refractivity contribution is 6.34. The molecular formula is C22H22ClN3O4. The molecule has 8 heteroatoms. The van der Waals surface area contributed by atoms with Crippen molar-refractivity contribution in [2.24, 2.45) is 5.92 Å². The number of rotatable bonds is 5. The Morgan fingerprint density at radius 3 is 2.60 bits per heavy atom.